The molecule has 0 saturated heterocycles. The molecular formula is C24H22O5. The molecule has 0 bridgehead atoms. The van der Waals surface area contributed by atoms with Crippen molar-refractivity contribution in [3.05, 3.63) is 90.5 Å². The molecule has 0 heterocycles. The van der Waals surface area contributed by atoms with Crippen molar-refractivity contribution in [2.24, 2.45) is 0 Å². The normalized spacial score (nSPS) is 10.4. The van der Waals surface area contributed by atoms with Gasteiger partial charge in [-0.15, -0.1) is 0 Å². The first-order chi connectivity index (χ1) is 14.0. The lowest BCUT2D eigenvalue weighted by atomic mass is 10.0. The van der Waals surface area contributed by atoms with Gasteiger partial charge in [-0.25, -0.2) is 4.79 Å². The molecule has 0 aromatic heterocycles. The van der Waals surface area contributed by atoms with E-state index in [2.05, 4.69) is 6.58 Å². The zero-order valence-corrected chi connectivity index (χ0v) is 16.1. The summed E-state index contributed by atoms with van der Waals surface area (Å²) in [7, 11) is 0. The zero-order chi connectivity index (χ0) is 20.6. The highest BCUT2D eigenvalue weighted by atomic mass is 16.7. The van der Waals surface area contributed by atoms with Gasteiger partial charge in [0.1, 0.15) is 17.2 Å². The molecule has 5 nitrogen and oxygen atoms in total. The molecule has 29 heavy (non-hydrogen) atoms. The molecule has 5 heteroatoms. The summed E-state index contributed by atoms with van der Waals surface area (Å²) >= 11 is 0. The van der Waals surface area contributed by atoms with Gasteiger partial charge in [0, 0.05) is 5.57 Å². The second-order valence-corrected chi connectivity index (χ2v) is 6.50. The Balaban J connectivity index is 1.44. The third-order valence-corrected chi connectivity index (χ3v) is 4.11. The number of carbonyl (C=O) groups is 1. The maximum absolute atomic E-state index is 11.5. The van der Waals surface area contributed by atoms with Crippen LogP contribution in [0.5, 0.6) is 17.2 Å². The number of aromatic hydroxyl groups is 1. The van der Waals surface area contributed by atoms with Gasteiger partial charge in [-0.2, -0.15) is 0 Å². The molecule has 148 valence electrons. The standard InChI is InChI=1S/C24H22O5/c1-17(2)24(26)29-23-13-11-22(12-14-23)28-16-27-15-18-3-5-19(6-4-18)20-7-9-21(25)10-8-20/h3-14,25H,1,15-16H2,2H3. The summed E-state index contributed by atoms with van der Waals surface area (Å²) in [5.41, 5.74) is 3.47. The fourth-order valence-corrected chi connectivity index (χ4v) is 2.51. The number of ether oxygens (including phenoxy) is 3. The Kier molecular flexibility index (Phi) is 6.66. The third kappa shape index (κ3) is 5.96. The van der Waals surface area contributed by atoms with Crippen LogP contribution in [0.3, 0.4) is 0 Å². The van der Waals surface area contributed by atoms with Crippen LogP contribution in [-0.2, 0) is 16.1 Å². The molecule has 0 aliphatic heterocycles. The summed E-state index contributed by atoms with van der Waals surface area (Å²) < 4.78 is 16.2. The van der Waals surface area contributed by atoms with Crippen molar-refractivity contribution in [1.82, 2.24) is 0 Å². The Bertz CT molecular complexity index is 958. The first-order valence-electron chi connectivity index (χ1n) is 9.08. The lowest BCUT2D eigenvalue weighted by Gasteiger charge is -2.09. The lowest BCUT2D eigenvalue weighted by Crippen LogP contribution is -2.08. The first-order valence-corrected chi connectivity index (χ1v) is 9.08. The summed E-state index contributed by atoms with van der Waals surface area (Å²) in [5.74, 6) is 0.836. The third-order valence-electron chi connectivity index (χ3n) is 4.11. The van der Waals surface area contributed by atoms with Crippen LogP contribution in [0.25, 0.3) is 11.1 Å². The van der Waals surface area contributed by atoms with Crippen LogP contribution in [0.2, 0.25) is 0 Å². The molecule has 0 saturated carbocycles. The van der Waals surface area contributed by atoms with Gasteiger partial charge in [0.2, 0.25) is 0 Å². The molecule has 0 amide bonds. The van der Waals surface area contributed by atoms with E-state index < -0.39 is 5.97 Å². The van der Waals surface area contributed by atoms with Crippen LogP contribution in [0.15, 0.2) is 84.9 Å². The summed E-state index contributed by atoms with van der Waals surface area (Å²) in [6, 6.07) is 21.8. The Hall–Kier alpha value is -3.57. The number of esters is 1. The minimum Gasteiger partial charge on any atom is -0.508 e. The van der Waals surface area contributed by atoms with Crippen molar-refractivity contribution >= 4 is 5.97 Å². The summed E-state index contributed by atoms with van der Waals surface area (Å²) in [6.07, 6.45) is 0. The average Bonchev–Trinajstić information content (AvgIpc) is 2.73. The largest absolute Gasteiger partial charge is 0.508 e. The van der Waals surface area contributed by atoms with E-state index in [0.717, 1.165) is 16.7 Å². The molecule has 0 spiro atoms. The number of carbonyl (C=O) groups excluding carboxylic acids is 1. The van der Waals surface area contributed by atoms with E-state index in [1.165, 1.54) is 0 Å². The van der Waals surface area contributed by atoms with Gasteiger partial charge in [0.15, 0.2) is 6.79 Å². The van der Waals surface area contributed by atoms with E-state index in [1.54, 1.807) is 43.3 Å². The molecule has 0 radical (unpaired) electrons. The van der Waals surface area contributed by atoms with Crippen LogP contribution in [-0.4, -0.2) is 17.9 Å². The molecular weight excluding hydrogens is 368 g/mol. The highest BCUT2D eigenvalue weighted by molar-refractivity contribution is 5.88. The van der Waals surface area contributed by atoms with Gasteiger partial charge in [-0.1, -0.05) is 43.0 Å². The molecule has 0 aliphatic carbocycles. The highest BCUT2D eigenvalue weighted by Gasteiger charge is 2.05. The van der Waals surface area contributed by atoms with Crippen LogP contribution < -0.4 is 9.47 Å². The van der Waals surface area contributed by atoms with Crippen molar-refractivity contribution in [3.8, 4) is 28.4 Å². The maximum atomic E-state index is 11.5. The predicted molar refractivity (Wildman–Crippen MR) is 111 cm³/mol. The van der Waals surface area contributed by atoms with Gasteiger partial charge in [-0.3, -0.25) is 0 Å². The average molecular weight is 390 g/mol. The van der Waals surface area contributed by atoms with Crippen molar-refractivity contribution < 1.29 is 24.1 Å². The number of hydrogen-bond acceptors (Lipinski definition) is 5. The fraction of sp³-hybridized carbons (Fsp3) is 0.125. The number of benzene rings is 3. The minimum atomic E-state index is -0.460. The Morgan fingerprint density at radius 3 is 2.00 bits per heavy atom. The second kappa shape index (κ2) is 9.57. The van der Waals surface area contributed by atoms with E-state index in [1.807, 2.05) is 36.4 Å². The van der Waals surface area contributed by atoms with E-state index in [0.29, 0.717) is 23.7 Å². The Morgan fingerprint density at radius 1 is 0.862 bits per heavy atom. The number of hydrogen-bond donors (Lipinski definition) is 1. The molecule has 3 aromatic rings. The second-order valence-electron chi connectivity index (χ2n) is 6.50. The summed E-state index contributed by atoms with van der Waals surface area (Å²) in [5, 5.41) is 9.37. The molecule has 3 aromatic carbocycles. The van der Waals surface area contributed by atoms with Crippen LogP contribution in [0.1, 0.15) is 12.5 Å². The van der Waals surface area contributed by atoms with Gasteiger partial charge in [0.25, 0.3) is 0 Å². The minimum absolute atomic E-state index is 0.102. The van der Waals surface area contributed by atoms with Crippen molar-refractivity contribution in [2.45, 2.75) is 13.5 Å². The van der Waals surface area contributed by atoms with Crippen LogP contribution in [0.4, 0.5) is 0 Å². The van der Waals surface area contributed by atoms with Gasteiger partial charge in [0.05, 0.1) is 6.61 Å². The van der Waals surface area contributed by atoms with Crippen LogP contribution >= 0.6 is 0 Å². The first kappa shape index (κ1) is 20.2. The molecule has 1 N–H and O–H groups in total. The van der Waals surface area contributed by atoms with Crippen molar-refractivity contribution in [3.63, 3.8) is 0 Å². The molecule has 0 fully saturated rings. The Morgan fingerprint density at radius 2 is 1.41 bits per heavy atom. The fourth-order valence-electron chi connectivity index (χ4n) is 2.51. The highest BCUT2D eigenvalue weighted by Crippen LogP contribution is 2.22. The predicted octanol–water partition coefficient (Wildman–Crippen LogP) is 5.09. The number of rotatable bonds is 8. The molecule has 0 atom stereocenters. The monoisotopic (exact) mass is 390 g/mol. The zero-order valence-electron chi connectivity index (χ0n) is 16.1. The topological polar surface area (TPSA) is 65.0 Å². The quantitative estimate of drug-likeness (QED) is 0.191. The van der Waals surface area contributed by atoms with Crippen molar-refractivity contribution in [2.75, 3.05) is 6.79 Å². The molecule has 0 unspecified atom stereocenters. The van der Waals surface area contributed by atoms with E-state index in [9.17, 15) is 9.90 Å². The summed E-state index contributed by atoms with van der Waals surface area (Å²) in [4.78, 5) is 11.5. The molecule has 0 aliphatic rings. The maximum Gasteiger partial charge on any atom is 0.338 e. The van der Waals surface area contributed by atoms with Crippen molar-refractivity contribution in [1.29, 1.82) is 0 Å². The van der Waals surface area contributed by atoms with E-state index in [4.69, 9.17) is 14.2 Å². The molecule has 3 rings (SSSR count). The van der Waals surface area contributed by atoms with E-state index in [-0.39, 0.29) is 12.5 Å². The van der Waals surface area contributed by atoms with Gasteiger partial charge < -0.3 is 19.3 Å². The van der Waals surface area contributed by atoms with Crippen LogP contribution in [0, 0.1) is 0 Å². The van der Waals surface area contributed by atoms with E-state index >= 15 is 0 Å². The number of phenols is 1. The Labute approximate surface area is 169 Å². The SMILES string of the molecule is C=C(C)C(=O)Oc1ccc(OCOCc2ccc(-c3ccc(O)cc3)cc2)cc1. The summed E-state index contributed by atoms with van der Waals surface area (Å²) in [6.45, 7) is 5.66. The van der Waals surface area contributed by atoms with Gasteiger partial charge in [-0.05, 0) is 60.0 Å². The van der Waals surface area contributed by atoms with Gasteiger partial charge >= 0.3 is 5.97 Å². The number of phenolic OH excluding ortho intramolecular Hbond substituents is 1. The lowest BCUT2D eigenvalue weighted by molar-refractivity contribution is -0.130. The smallest absolute Gasteiger partial charge is 0.338 e.